The van der Waals surface area contributed by atoms with E-state index in [0.717, 1.165) is 32.5 Å². The Labute approximate surface area is 257 Å². The molecule has 3 fully saturated rings. The molecule has 1 amide bonds. The molecule has 5 rings (SSSR count). The number of hydrogen-bond acceptors (Lipinski definition) is 10. The Bertz CT molecular complexity index is 1400. The van der Waals surface area contributed by atoms with Gasteiger partial charge in [-0.3, -0.25) is 28.9 Å². The maximum Gasteiger partial charge on any atom is 0.235 e. The first-order chi connectivity index (χ1) is 20.6. The highest BCUT2D eigenvalue weighted by atomic mass is 16.3. The molecule has 3 aliphatic carbocycles. The standard InChI is InChI=1S/C33H45N3O8/c1-16-17-10-11-18(32(2,3)12-9-15-36-13-7-6-8-14-36)25(37)20(17)26(38)21-19(16)27(39)23-24(35(4)5)28(40)22(31(34)43)30(42)33(23,44)29(21)41/h10-11,16,19,21-24,27,37,39,44H,6-9,12-15H2,1-5H3,(H2,34,43)/t16-,19+,21?,22?,23+,24-,27-,33-/m0/s1. The van der Waals surface area contributed by atoms with Gasteiger partial charge in [0.1, 0.15) is 5.75 Å². The zero-order chi connectivity index (χ0) is 32.5. The van der Waals surface area contributed by atoms with Gasteiger partial charge in [-0.25, -0.2) is 0 Å². The van der Waals surface area contributed by atoms with Crippen LogP contribution in [-0.4, -0.2) is 106 Å². The maximum absolute atomic E-state index is 14.2. The summed E-state index contributed by atoms with van der Waals surface area (Å²) in [5.74, 6) is -13.0. The van der Waals surface area contributed by atoms with Crippen molar-refractivity contribution >= 4 is 29.0 Å². The Morgan fingerprint density at radius 1 is 1.09 bits per heavy atom. The summed E-state index contributed by atoms with van der Waals surface area (Å²) in [6, 6.07) is 2.15. The summed E-state index contributed by atoms with van der Waals surface area (Å²) in [5.41, 5.74) is 2.81. The number of carbonyl (C=O) groups is 5. The predicted octanol–water partition coefficient (Wildman–Crippen LogP) is 0.943. The van der Waals surface area contributed by atoms with Crippen LogP contribution in [-0.2, 0) is 24.6 Å². The van der Waals surface area contributed by atoms with Crippen molar-refractivity contribution in [2.24, 2.45) is 29.4 Å². The van der Waals surface area contributed by atoms with Crippen LogP contribution >= 0.6 is 0 Å². The molecule has 1 aromatic rings. The van der Waals surface area contributed by atoms with E-state index in [9.17, 15) is 39.3 Å². The number of phenolic OH excluding ortho intramolecular Hbond substituents is 1. The van der Waals surface area contributed by atoms with E-state index in [1.54, 1.807) is 19.1 Å². The van der Waals surface area contributed by atoms with E-state index in [2.05, 4.69) is 4.90 Å². The third-order valence-electron chi connectivity index (χ3n) is 10.9. The number of Topliss-reactive ketones (excluding diaryl/α,β-unsaturated/α-hetero) is 4. The molecule has 0 aromatic heterocycles. The topological polar surface area (TPSA) is 179 Å². The molecule has 11 heteroatoms. The Morgan fingerprint density at radius 2 is 1.73 bits per heavy atom. The minimum Gasteiger partial charge on any atom is -0.507 e. The van der Waals surface area contributed by atoms with E-state index in [-0.39, 0.29) is 11.3 Å². The van der Waals surface area contributed by atoms with Crippen molar-refractivity contribution in [2.75, 3.05) is 33.7 Å². The Kier molecular flexibility index (Phi) is 8.41. The van der Waals surface area contributed by atoms with E-state index in [4.69, 9.17) is 5.73 Å². The number of carbonyl (C=O) groups excluding carboxylic acids is 5. The number of aliphatic hydroxyl groups excluding tert-OH is 1. The first kappa shape index (κ1) is 32.4. The number of amides is 1. The van der Waals surface area contributed by atoms with Gasteiger partial charge < -0.3 is 26.0 Å². The molecule has 1 heterocycles. The van der Waals surface area contributed by atoms with Gasteiger partial charge in [0.05, 0.1) is 29.5 Å². The van der Waals surface area contributed by atoms with Crippen molar-refractivity contribution in [3.63, 3.8) is 0 Å². The summed E-state index contributed by atoms with van der Waals surface area (Å²) in [4.78, 5) is 71.3. The predicted molar refractivity (Wildman–Crippen MR) is 160 cm³/mol. The highest BCUT2D eigenvalue weighted by molar-refractivity contribution is 6.32. The zero-order valence-corrected chi connectivity index (χ0v) is 26.2. The molecule has 2 saturated carbocycles. The molecular weight excluding hydrogens is 566 g/mol. The second-order valence-electron chi connectivity index (χ2n) is 14.2. The van der Waals surface area contributed by atoms with Gasteiger partial charge in [-0.15, -0.1) is 0 Å². The smallest absolute Gasteiger partial charge is 0.235 e. The first-order valence-corrected chi connectivity index (χ1v) is 15.7. The normalized spacial score (nSPS) is 34.5. The number of piperidine rings is 1. The van der Waals surface area contributed by atoms with E-state index >= 15 is 0 Å². The highest BCUT2D eigenvalue weighted by Gasteiger charge is 2.73. The van der Waals surface area contributed by atoms with E-state index in [1.165, 1.54) is 38.3 Å². The molecule has 1 saturated heterocycles. The molecule has 5 N–H and O–H groups in total. The number of rotatable bonds is 7. The number of aliphatic hydroxyl groups is 2. The third-order valence-corrected chi connectivity index (χ3v) is 10.9. The molecule has 4 aliphatic rings. The quantitative estimate of drug-likeness (QED) is 0.324. The summed E-state index contributed by atoms with van der Waals surface area (Å²) < 4.78 is 0. The molecule has 8 atom stereocenters. The maximum atomic E-state index is 14.2. The van der Waals surface area contributed by atoms with Crippen LogP contribution in [0, 0.1) is 23.7 Å². The van der Waals surface area contributed by atoms with Gasteiger partial charge in [0.2, 0.25) is 5.91 Å². The largest absolute Gasteiger partial charge is 0.507 e. The second-order valence-corrected chi connectivity index (χ2v) is 14.2. The van der Waals surface area contributed by atoms with Gasteiger partial charge >= 0.3 is 0 Å². The fourth-order valence-electron chi connectivity index (χ4n) is 8.60. The van der Waals surface area contributed by atoms with Crippen molar-refractivity contribution in [1.29, 1.82) is 0 Å². The van der Waals surface area contributed by atoms with Crippen molar-refractivity contribution in [1.82, 2.24) is 9.80 Å². The Morgan fingerprint density at radius 3 is 2.32 bits per heavy atom. The lowest BCUT2D eigenvalue weighted by atomic mass is 9.49. The zero-order valence-electron chi connectivity index (χ0n) is 26.2. The molecule has 240 valence electrons. The van der Waals surface area contributed by atoms with Crippen LogP contribution in [0.15, 0.2) is 12.1 Å². The van der Waals surface area contributed by atoms with Gasteiger partial charge in [-0.2, -0.15) is 0 Å². The SMILES string of the molecule is C[C@H]1c2ccc(C(C)(C)CCCN3CCCCC3)c(O)c2C(=O)C2C(=O)[C@]3(O)C(=O)C(C(N)=O)C(=O)[C@@H](N(C)C)[C@@H]3[C@@H](O)[C@@H]21. The molecule has 0 bridgehead atoms. The number of ketones is 4. The van der Waals surface area contributed by atoms with Crippen LogP contribution in [0.3, 0.4) is 0 Å². The van der Waals surface area contributed by atoms with Gasteiger partial charge in [-0.05, 0) is 76.3 Å². The minimum atomic E-state index is -3.00. The van der Waals surface area contributed by atoms with E-state index in [0.29, 0.717) is 11.1 Å². The minimum absolute atomic E-state index is 0.0575. The lowest BCUT2D eigenvalue weighted by molar-refractivity contribution is -0.196. The first-order valence-electron chi connectivity index (χ1n) is 15.7. The molecule has 11 nitrogen and oxygen atoms in total. The highest BCUT2D eigenvalue weighted by Crippen LogP contribution is 2.55. The average Bonchev–Trinajstić information content (AvgIpc) is 2.95. The summed E-state index contributed by atoms with van der Waals surface area (Å²) in [6.45, 7) is 8.82. The second kappa shape index (κ2) is 11.4. The third kappa shape index (κ3) is 4.74. The molecule has 0 spiro atoms. The van der Waals surface area contributed by atoms with E-state index in [1.807, 2.05) is 13.8 Å². The van der Waals surface area contributed by atoms with Crippen molar-refractivity contribution in [2.45, 2.75) is 82.0 Å². The summed E-state index contributed by atoms with van der Waals surface area (Å²) in [5, 5.41) is 35.2. The van der Waals surface area contributed by atoms with Crippen LogP contribution in [0.1, 0.15) is 80.3 Å². The molecule has 1 aliphatic heterocycles. The number of hydrogen-bond donors (Lipinski definition) is 4. The number of nitrogens with two attached hydrogens (primary N) is 1. The van der Waals surface area contributed by atoms with Crippen LogP contribution in [0.25, 0.3) is 0 Å². The summed E-state index contributed by atoms with van der Waals surface area (Å²) >= 11 is 0. The summed E-state index contributed by atoms with van der Waals surface area (Å²) in [7, 11) is 2.94. The van der Waals surface area contributed by atoms with Gasteiger partial charge in [0, 0.05) is 11.5 Å². The fourth-order valence-corrected chi connectivity index (χ4v) is 8.60. The van der Waals surface area contributed by atoms with E-state index < -0.39 is 81.8 Å². The van der Waals surface area contributed by atoms with Gasteiger partial charge in [0.25, 0.3) is 0 Å². The molecule has 1 aromatic carbocycles. The number of fused-ring (bicyclic) bond motifs is 3. The fraction of sp³-hybridized carbons (Fsp3) is 0.667. The van der Waals surface area contributed by atoms with Crippen LogP contribution in [0.2, 0.25) is 0 Å². The number of phenols is 1. The molecular formula is C33H45N3O8. The van der Waals surface area contributed by atoms with Crippen LogP contribution in [0.4, 0.5) is 0 Å². The Balaban J connectivity index is 1.53. The molecule has 0 radical (unpaired) electrons. The number of nitrogens with zero attached hydrogens (tertiary/aromatic N) is 2. The van der Waals surface area contributed by atoms with Crippen molar-refractivity contribution in [3.8, 4) is 5.75 Å². The monoisotopic (exact) mass is 611 g/mol. The average molecular weight is 612 g/mol. The number of likely N-dealkylation sites (tertiary alicyclic amines) is 1. The van der Waals surface area contributed by atoms with Crippen LogP contribution in [0.5, 0.6) is 5.75 Å². The van der Waals surface area contributed by atoms with Gasteiger partial charge in [-0.1, -0.05) is 39.3 Å². The lowest BCUT2D eigenvalue weighted by Crippen LogP contribution is -2.77. The Hall–Kier alpha value is -2.99. The number of benzene rings is 1. The number of likely N-dealkylation sites (N-methyl/N-ethyl adjacent to an activating group) is 1. The van der Waals surface area contributed by atoms with Crippen LogP contribution < -0.4 is 5.73 Å². The summed E-state index contributed by atoms with van der Waals surface area (Å²) in [6.07, 6.45) is 3.64. The molecule has 2 unspecified atom stereocenters. The number of primary amides is 1. The molecule has 44 heavy (non-hydrogen) atoms. The van der Waals surface area contributed by atoms with Crippen molar-refractivity contribution < 1.29 is 39.3 Å². The van der Waals surface area contributed by atoms with Gasteiger partial charge in [0.15, 0.2) is 34.7 Å². The lowest BCUT2D eigenvalue weighted by Gasteiger charge is -2.56. The van der Waals surface area contributed by atoms with Crippen molar-refractivity contribution in [3.05, 3.63) is 28.8 Å². The number of aromatic hydroxyl groups is 1.